The number of nitrogens with zero attached hydrogens (tertiary/aromatic N) is 1. The predicted octanol–water partition coefficient (Wildman–Crippen LogP) is 2.13. The summed E-state index contributed by atoms with van der Waals surface area (Å²) in [5.41, 5.74) is 7.34. The average molecular weight is 348 g/mol. The van der Waals surface area contributed by atoms with Crippen molar-refractivity contribution in [1.82, 2.24) is 5.32 Å². The van der Waals surface area contributed by atoms with E-state index in [0.717, 1.165) is 5.56 Å². The van der Waals surface area contributed by atoms with Gasteiger partial charge in [-0.1, -0.05) is 31.5 Å². The topological polar surface area (TPSA) is 75.4 Å². The van der Waals surface area contributed by atoms with E-state index in [0.29, 0.717) is 10.7 Å². The monoisotopic (exact) mass is 347 g/mol. The molecule has 1 atom stereocenters. The van der Waals surface area contributed by atoms with Crippen LogP contribution < -0.4 is 16.0 Å². The predicted molar refractivity (Wildman–Crippen MR) is 92.7 cm³/mol. The first-order valence-electron chi connectivity index (χ1n) is 6.80. The lowest BCUT2D eigenvalue weighted by Crippen LogP contribution is -2.47. The third kappa shape index (κ3) is 5.48. The quantitative estimate of drug-likeness (QED) is 0.856. The molecular weight excluding hydrogens is 325 g/mol. The molecule has 0 aliphatic carbocycles. The summed E-state index contributed by atoms with van der Waals surface area (Å²) >= 11 is 6.04. The van der Waals surface area contributed by atoms with Crippen molar-refractivity contribution >= 4 is 41.5 Å². The number of aryl methyl sites for hydroxylation is 1. The number of hydrogen-bond donors (Lipinski definition) is 2. The first kappa shape index (κ1) is 20.7. The Balaban J connectivity index is 0.00000441. The van der Waals surface area contributed by atoms with Crippen LogP contribution in [0, 0.1) is 12.8 Å². The third-order valence-corrected chi connectivity index (χ3v) is 3.76. The van der Waals surface area contributed by atoms with E-state index in [2.05, 4.69) is 5.32 Å². The van der Waals surface area contributed by atoms with Crippen LogP contribution in [0.2, 0.25) is 5.02 Å². The Morgan fingerprint density at radius 2 is 1.95 bits per heavy atom. The van der Waals surface area contributed by atoms with Gasteiger partial charge in [0.2, 0.25) is 11.8 Å². The minimum absolute atomic E-state index is 0. The smallest absolute Gasteiger partial charge is 0.246 e. The normalized spacial score (nSPS) is 11.6. The van der Waals surface area contributed by atoms with Gasteiger partial charge in [0, 0.05) is 17.8 Å². The fraction of sp³-hybridized carbons (Fsp3) is 0.467. The lowest BCUT2D eigenvalue weighted by molar-refractivity contribution is -0.126. The largest absolute Gasteiger partial charge is 0.346 e. The van der Waals surface area contributed by atoms with Crippen LogP contribution in [0.1, 0.15) is 19.4 Å². The summed E-state index contributed by atoms with van der Waals surface area (Å²) in [4.78, 5) is 25.2. The highest BCUT2D eigenvalue weighted by Crippen LogP contribution is 2.22. The highest BCUT2D eigenvalue weighted by atomic mass is 35.5. The van der Waals surface area contributed by atoms with Gasteiger partial charge < -0.3 is 16.0 Å². The third-order valence-electron chi connectivity index (χ3n) is 3.35. The molecule has 1 rings (SSSR count). The summed E-state index contributed by atoms with van der Waals surface area (Å²) in [5.74, 6) is -0.540. The summed E-state index contributed by atoms with van der Waals surface area (Å²) in [6.07, 6.45) is 0. The minimum atomic E-state index is -0.614. The lowest BCUT2D eigenvalue weighted by atomic mass is 10.1. The van der Waals surface area contributed by atoms with Crippen LogP contribution in [-0.2, 0) is 9.59 Å². The number of benzene rings is 1. The molecular formula is C15H23Cl2N3O2. The molecule has 0 aliphatic heterocycles. The van der Waals surface area contributed by atoms with E-state index in [-0.39, 0.29) is 36.7 Å². The number of likely N-dealkylation sites (N-methyl/N-ethyl adjacent to an activating group) is 1. The zero-order valence-corrected chi connectivity index (χ0v) is 14.8. The molecule has 5 nitrogen and oxygen atoms in total. The van der Waals surface area contributed by atoms with Gasteiger partial charge in [0.25, 0.3) is 0 Å². The number of halogens is 2. The van der Waals surface area contributed by atoms with Crippen molar-refractivity contribution in [3.63, 3.8) is 0 Å². The Bertz CT molecular complexity index is 536. The van der Waals surface area contributed by atoms with Gasteiger partial charge >= 0.3 is 0 Å². The maximum Gasteiger partial charge on any atom is 0.246 e. The molecule has 0 heterocycles. The standard InChI is InChI=1S/C15H22ClN3O2.ClH/c1-9(2)14(17)15(21)18-8-13(20)19(4)11-6-5-10(3)12(16)7-11;/h5-7,9,14H,8,17H2,1-4H3,(H,18,21);1H/t14-;/m0./s1. The Labute approximate surface area is 142 Å². The molecule has 0 spiro atoms. The summed E-state index contributed by atoms with van der Waals surface area (Å²) < 4.78 is 0. The van der Waals surface area contributed by atoms with Crippen LogP contribution in [0.25, 0.3) is 0 Å². The Morgan fingerprint density at radius 3 is 2.45 bits per heavy atom. The van der Waals surface area contributed by atoms with E-state index in [4.69, 9.17) is 17.3 Å². The molecule has 1 aromatic rings. The number of nitrogens with two attached hydrogens (primary N) is 1. The molecule has 22 heavy (non-hydrogen) atoms. The number of anilines is 1. The van der Waals surface area contributed by atoms with Crippen molar-refractivity contribution in [3.05, 3.63) is 28.8 Å². The molecule has 1 aromatic carbocycles. The van der Waals surface area contributed by atoms with Crippen molar-refractivity contribution < 1.29 is 9.59 Å². The van der Waals surface area contributed by atoms with Crippen LogP contribution in [0.4, 0.5) is 5.69 Å². The van der Waals surface area contributed by atoms with Gasteiger partial charge in [0.15, 0.2) is 0 Å². The zero-order valence-electron chi connectivity index (χ0n) is 13.2. The van der Waals surface area contributed by atoms with Crippen molar-refractivity contribution in [2.75, 3.05) is 18.5 Å². The maximum atomic E-state index is 12.1. The van der Waals surface area contributed by atoms with Gasteiger partial charge in [-0.15, -0.1) is 12.4 Å². The molecule has 0 saturated heterocycles. The fourth-order valence-corrected chi connectivity index (χ4v) is 1.81. The minimum Gasteiger partial charge on any atom is -0.346 e. The van der Waals surface area contributed by atoms with Crippen molar-refractivity contribution in [3.8, 4) is 0 Å². The van der Waals surface area contributed by atoms with E-state index in [1.807, 2.05) is 26.8 Å². The number of rotatable bonds is 5. The molecule has 0 saturated carbocycles. The van der Waals surface area contributed by atoms with E-state index in [9.17, 15) is 9.59 Å². The van der Waals surface area contributed by atoms with Crippen LogP contribution in [0.15, 0.2) is 18.2 Å². The van der Waals surface area contributed by atoms with Crippen LogP contribution in [0.3, 0.4) is 0 Å². The fourth-order valence-electron chi connectivity index (χ4n) is 1.64. The van der Waals surface area contributed by atoms with Crippen LogP contribution in [0.5, 0.6) is 0 Å². The molecule has 0 fully saturated rings. The SMILES string of the molecule is Cc1ccc(N(C)C(=O)CNC(=O)[C@@H](N)C(C)C)cc1Cl.Cl. The second-order valence-electron chi connectivity index (χ2n) is 5.37. The molecule has 0 bridgehead atoms. The van der Waals surface area contributed by atoms with Gasteiger partial charge in [-0.3, -0.25) is 9.59 Å². The van der Waals surface area contributed by atoms with E-state index in [1.54, 1.807) is 19.2 Å². The second kappa shape index (κ2) is 8.98. The van der Waals surface area contributed by atoms with E-state index < -0.39 is 6.04 Å². The number of nitrogens with one attached hydrogen (secondary N) is 1. The van der Waals surface area contributed by atoms with Gasteiger partial charge in [0.05, 0.1) is 12.6 Å². The number of hydrogen-bond acceptors (Lipinski definition) is 3. The number of carbonyl (C=O) groups is 2. The molecule has 2 amide bonds. The van der Waals surface area contributed by atoms with Gasteiger partial charge in [0.1, 0.15) is 0 Å². The first-order chi connectivity index (χ1) is 9.73. The van der Waals surface area contributed by atoms with Gasteiger partial charge in [-0.2, -0.15) is 0 Å². The maximum absolute atomic E-state index is 12.1. The van der Waals surface area contributed by atoms with Crippen molar-refractivity contribution in [1.29, 1.82) is 0 Å². The highest BCUT2D eigenvalue weighted by Gasteiger charge is 2.19. The summed E-state index contributed by atoms with van der Waals surface area (Å²) in [5, 5.41) is 3.15. The molecule has 0 unspecified atom stereocenters. The van der Waals surface area contributed by atoms with Crippen LogP contribution >= 0.6 is 24.0 Å². The van der Waals surface area contributed by atoms with Crippen molar-refractivity contribution in [2.45, 2.75) is 26.8 Å². The average Bonchev–Trinajstić information content (AvgIpc) is 2.45. The lowest BCUT2D eigenvalue weighted by Gasteiger charge is -2.20. The zero-order chi connectivity index (χ0) is 16.2. The summed E-state index contributed by atoms with van der Waals surface area (Å²) in [6.45, 7) is 5.50. The van der Waals surface area contributed by atoms with Crippen molar-refractivity contribution in [2.24, 2.45) is 11.7 Å². The molecule has 0 radical (unpaired) electrons. The summed E-state index contributed by atoms with van der Waals surface area (Å²) in [7, 11) is 1.64. The van der Waals surface area contributed by atoms with E-state index in [1.165, 1.54) is 4.90 Å². The second-order valence-corrected chi connectivity index (χ2v) is 5.78. The molecule has 0 aliphatic rings. The molecule has 3 N–H and O–H groups in total. The number of amides is 2. The molecule has 124 valence electrons. The Hall–Kier alpha value is -1.30. The molecule has 7 heteroatoms. The first-order valence-corrected chi connectivity index (χ1v) is 7.17. The van der Waals surface area contributed by atoms with E-state index >= 15 is 0 Å². The Morgan fingerprint density at radius 1 is 1.36 bits per heavy atom. The number of carbonyl (C=O) groups excluding carboxylic acids is 2. The van der Waals surface area contributed by atoms with Gasteiger partial charge in [-0.25, -0.2) is 0 Å². The highest BCUT2D eigenvalue weighted by molar-refractivity contribution is 6.31. The summed E-state index contributed by atoms with van der Waals surface area (Å²) in [6, 6.07) is 4.75. The molecule has 0 aromatic heterocycles. The van der Waals surface area contributed by atoms with Gasteiger partial charge in [-0.05, 0) is 30.5 Å². The van der Waals surface area contributed by atoms with Crippen LogP contribution in [-0.4, -0.2) is 31.4 Å². The Kier molecular flexibility index (Phi) is 8.45.